The highest BCUT2D eigenvalue weighted by Gasteiger charge is 2.23. The van der Waals surface area contributed by atoms with Gasteiger partial charge in [0.25, 0.3) is 0 Å². The summed E-state index contributed by atoms with van der Waals surface area (Å²) in [6.45, 7) is 1.93. The summed E-state index contributed by atoms with van der Waals surface area (Å²) in [5, 5.41) is 17.8. The van der Waals surface area contributed by atoms with E-state index < -0.39 is 5.63 Å². The Morgan fingerprint density at radius 3 is 2.36 bits per heavy atom. The summed E-state index contributed by atoms with van der Waals surface area (Å²) in [6.07, 6.45) is 1.88. The van der Waals surface area contributed by atoms with Gasteiger partial charge in [-0.25, -0.2) is 14.5 Å². The number of phenolic OH excluding ortho intramolecular Hbond substituents is 1. The third-order valence-corrected chi connectivity index (χ3v) is 7.68. The Morgan fingerprint density at radius 1 is 0.810 bits per heavy atom. The Balaban J connectivity index is 1.62. The van der Waals surface area contributed by atoms with E-state index in [-0.39, 0.29) is 5.75 Å². The van der Waals surface area contributed by atoms with Gasteiger partial charge in [0.2, 0.25) is 0 Å². The molecular weight excluding hydrogens is 569 g/mol. The SMILES string of the molecule is Cc1ccc2c(c1)oc(=O)c1c(-c3cn(-c4ccccc4)nc3-c3ccc(Cl)cc3)cc(-c3cc(Cl)ccc3O)nc12. The van der Waals surface area contributed by atoms with Gasteiger partial charge in [0.1, 0.15) is 17.0 Å². The average molecular weight is 590 g/mol. The number of aromatic nitrogens is 3. The fourth-order valence-corrected chi connectivity index (χ4v) is 5.47. The highest BCUT2D eigenvalue weighted by atomic mass is 35.5. The lowest BCUT2D eigenvalue weighted by atomic mass is 9.96. The number of para-hydroxylation sites is 1. The number of fused-ring (bicyclic) bond motifs is 3. The Labute approximate surface area is 250 Å². The number of phenols is 1. The lowest BCUT2D eigenvalue weighted by molar-refractivity contribution is 0.477. The van der Waals surface area contributed by atoms with E-state index in [9.17, 15) is 9.90 Å². The molecule has 0 aliphatic carbocycles. The van der Waals surface area contributed by atoms with Crippen LogP contribution in [0.1, 0.15) is 5.56 Å². The molecule has 7 rings (SSSR count). The summed E-state index contributed by atoms with van der Waals surface area (Å²) < 4.78 is 7.62. The number of halogens is 2. The molecule has 1 N–H and O–H groups in total. The molecule has 0 amide bonds. The zero-order chi connectivity index (χ0) is 29.0. The zero-order valence-corrected chi connectivity index (χ0v) is 23.7. The van der Waals surface area contributed by atoms with Crippen LogP contribution in [-0.4, -0.2) is 19.9 Å². The van der Waals surface area contributed by atoms with E-state index in [4.69, 9.17) is 37.7 Å². The molecule has 0 fully saturated rings. The van der Waals surface area contributed by atoms with E-state index in [2.05, 4.69) is 0 Å². The van der Waals surface area contributed by atoms with Gasteiger partial charge in [0, 0.05) is 43.9 Å². The number of rotatable bonds is 4. The first-order valence-corrected chi connectivity index (χ1v) is 13.9. The van der Waals surface area contributed by atoms with Gasteiger partial charge in [-0.1, -0.05) is 59.6 Å². The van der Waals surface area contributed by atoms with Crippen molar-refractivity contribution in [2.24, 2.45) is 0 Å². The van der Waals surface area contributed by atoms with Crippen LogP contribution in [0, 0.1) is 6.92 Å². The summed E-state index contributed by atoms with van der Waals surface area (Å²) in [7, 11) is 0. The molecule has 0 saturated heterocycles. The van der Waals surface area contributed by atoms with Crippen LogP contribution >= 0.6 is 23.2 Å². The standard InChI is InChI=1S/C34H21Cl2N3O3/c1-19-7-13-24-30(15-19)42-34(41)31-25(17-28(37-33(24)31)26-16-22(36)12-14-29(26)40)27-18-39(23-5-3-2-4-6-23)38-32(27)20-8-10-21(35)11-9-20/h2-18,40H,1H3. The largest absolute Gasteiger partial charge is 0.507 e. The van der Waals surface area contributed by atoms with Crippen LogP contribution in [-0.2, 0) is 0 Å². The summed E-state index contributed by atoms with van der Waals surface area (Å²) in [5.74, 6) is 0.0122. The molecule has 0 saturated carbocycles. The maximum Gasteiger partial charge on any atom is 0.346 e. The van der Waals surface area contributed by atoms with E-state index in [0.717, 1.165) is 16.8 Å². The van der Waals surface area contributed by atoms with Gasteiger partial charge in [-0.3, -0.25) is 0 Å². The molecule has 6 nitrogen and oxygen atoms in total. The fourth-order valence-electron chi connectivity index (χ4n) is 5.18. The highest BCUT2D eigenvalue weighted by Crippen LogP contribution is 2.40. The second-order valence-electron chi connectivity index (χ2n) is 10.0. The lowest BCUT2D eigenvalue weighted by Gasteiger charge is -2.12. The van der Waals surface area contributed by atoms with Gasteiger partial charge in [-0.05, 0) is 73.2 Å². The molecule has 8 heteroatoms. The van der Waals surface area contributed by atoms with Crippen LogP contribution in [0.15, 0.2) is 112 Å². The molecule has 3 heterocycles. The van der Waals surface area contributed by atoms with Crippen molar-refractivity contribution in [3.63, 3.8) is 0 Å². The number of benzene rings is 4. The predicted molar refractivity (Wildman–Crippen MR) is 168 cm³/mol. The first-order chi connectivity index (χ1) is 20.4. The molecule has 0 aliphatic rings. The van der Waals surface area contributed by atoms with Crippen molar-refractivity contribution < 1.29 is 9.52 Å². The van der Waals surface area contributed by atoms with E-state index in [1.54, 1.807) is 35.0 Å². The van der Waals surface area contributed by atoms with E-state index >= 15 is 0 Å². The fraction of sp³-hybridized carbons (Fsp3) is 0.0294. The Hall–Kier alpha value is -4.91. The van der Waals surface area contributed by atoms with Gasteiger partial charge in [0.15, 0.2) is 0 Å². The minimum absolute atomic E-state index is 0.0122. The molecule has 0 atom stereocenters. The Bertz CT molecular complexity index is 2210. The molecule has 0 unspecified atom stereocenters. The van der Waals surface area contributed by atoms with Gasteiger partial charge in [-0.2, -0.15) is 5.10 Å². The number of hydrogen-bond acceptors (Lipinski definition) is 5. The summed E-state index contributed by atoms with van der Waals surface area (Å²) in [5.41, 5.74) is 5.69. The van der Waals surface area contributed by atoms with Crippen LogP contribution < -0.4 is 5.63 Å². The van der Waals surface area contributed by atoms with Crippen LogP contribution in [0.25, 0.3) is 61.2 Å². The van der Waals surface area contributed by atoms with Crippen LogP contribution in [0.5, 0.6) is 5.75 Å². The summed E-state index contributed by atoms with van der Waals surface area (Å²) >= 11 is 12.6. The topological polar surface area (TPSA) is 81.2 Å². The predicted octanol–water partition coefficient (Wildman–Crippen LogP) is 8.85. The minimum atomic E-state index is -0.526. The third kappa shape index (κ3) is 4.51. The maximum absolute atomic E-state index is 13.7. The monoisotopic (exact) mass is 589 g/mol. The quantitative estimate of drug-likeness (QED) is 0.164. The molecule has 42 heavy (non-hydrogen) atoms. The first kappa shape index (κ1) is 26.0. The second kappa shape index (κ2) is 10.2. The van der Waals surface area contributed by atoms with Crippen molar-refractivity contribution in [3.8, 4) is 45.1 Å². The van der Waals surface area contributed by atoms with E-state index in [0.29, 0.717) is 60.0 Å². The summed E-state index contributed by atoms with van der Waals surface area (Å²) in [4.78, 5) is 18.6. The molecular formula is C34H21Cl2N3O3. The molecule has 0 spiro atoms. The number of pyridine rings is 1. The number of aryl methyl sites for hydroxylation is 1. The third-order valence-electron chi connectivity index (χ3n) is 7.20. The lowest BCUT2D eigenvalue weighted by Crippen LogP contribution is -2.05. The Kier molecular flexibility index (Phi) is 6.30. The molecule has 4 aromatic carbocycles. The zero-order valence-electron chi connectivity index (χ0n) is 22.2. The average Bonchev–Trinajstić information content (AvgIpc) is 3.44. The minimum Gasteiger partial charge on any atom is -0.507 e. The molecule has 0 bridgehead atoms. The van der Waals surface area contributed by atoms with Crippen molar-refractivity contribution in [1.82, 2.24) is 14.8 Å². The van der Waals surface area contributed by atoms with Gasteiger partial charge >= 0.3 is 5.63 Å². The van der Waals surface area contributed by atoms with Crippen molar-refractivity contribution in [3.05, 3.63) is 129 Å². The van der Waals surface area contributed by atoms with Crippen LogP contribution in [0.4, 0.5) is 0 Å². The van der Waals surface area contributed by atoms with E-state index in [1.165, 1.54) is 6.07 Å². The van der Waals surface area contributed by atoms with Crippen molar-refractivity contribution >= 4 is 45.1 Å². The van der Waals surface area contributed by atoms with Crippen LogP contribution in [0.2, 0.25) is 10.0 Å². The van der Waals surface area contributed by atoms with Crippen molar-refractivity contribution in [2.45, 2.75) is 6.92 Å². The number of aromatic hydroxyl groups is 1. The van der Waals surface area contributed by atoms with Crippen molar-refractivity contribution in [2.75, 3.05) is 0 Å². The molecule has 0 radical (unpaired) electrons. The van der Waals surface area contributed by atoms with Gasteiger partial charge in [-0.15, -0.1) is 0 Å². The molecule has 204 valence electrons. The van der Waals surface area contributed by atoms with Crippen LogP contribution in [0.3, 0.4) is 0 Å². The smallest absolute Gasteiger partial charge is 0.346 e. The van der Waals surface area contributed by atoms with Gasteiger partial charge in [0.05, 0.1) is 22.3 Å². The highest BCUT2D eigenvalue weighted by molar-refractivity contribution is 6.31. The van der Waals surface area contributed by atoms with Crippen molar-refractivity contribution in [1.29, 1.82) is 0 Å². The first-order valence-electron chi connectivity index (χ1n) is 13.1. The number of hydrogen-bond donors (Lipinski definition) is 1. The van der Waals surface area contributed by atoms with Gasteiger partial charge < -0.3 is 9.52 Å². The van der Waals surface area contributed by atoms with E-state index in [1.807, 2.05) is 73.8 Å². The molecule has 0 aliphatic heterocycles. The second-order valence-corrected chi connectivity index (χ2v) is 10.9. The number of nitrogens with zero attached hydrogens (tertiary/aromatic N) is 3. The Morgan fingerprint density at radius 2 is 1.57 bits per heavy atom. The molecule has 7 aromatic rings. The normalized spacial score (nSPS) is 11.4. The molecule has 3 aromatic heterocycles. The maximum atomic E-state index is 13.7. The summed E-state index contributed by atoms with van der Waals surface area (Å²) in [6, 6.07) is 29.3.